The number of aryl methyl sites for hydroxylation is 3. The van der Waals surface area contributed by atoms with Gasteiger partial charge in [-0.2, -0.15) is 5.10 Å². The number of nitrogens with zero attached hydrogens (tertiary/aromatic N) is 2. The molecule has 1 rings (SSSR count). The van der Waals surface area contributed by atoms with Crippen LogP contribution in [0.5, 0.6) is 0 Å². The van der Waals surface area contributed by atoms with Gasteiger partial charge < -0.3 is 0 Å². The smallest absolute Gasteiger partial charge is 0.133 e. The van der Waals surface area contributed by atoms with Crippen LogP contribution in [0.3, 0.4) is 0 Å². The molecule has 0 spiro atoms. The van der Waals surface area contributed by atoms with Gasteiger partial charge in [0.05, 0.1) is 5.69 Å². The van der Waals surface area contributed by atoms with Crippen molar-refractivity contribution in [3.05, 3.63) is 17.5 Å². The summed E-state index contributed by atoms with van der Waals surface area (Å²) in [6.07, 6.45) is 3.05. The molecule has 0 aliphatic carbocycles. The molecule has 0 N–H and O–H groups in total. The molecule has 84 valence electrons. The van der Waals surface area contributed by atoms with Gasteiger partial charge in [-0.15, -0.1) is 0 Å². The predicted octanol–water partition coefficient (Wildman–Crippen LogP) is 2.41. The SMILES string of the molecule is Cc1cc(CCC(=O)CCCBr)n(C)n1. The van der Waals surface area contributed by atoms with Crippen LogP contribution in [-0.2, 0) is 18.3 Å². The molecule has 1 heterocycles. The molecule has 0 saturated heterocycles. The van der Waals surface area contributed by atoms with Gasteiger partial charge in [0.25, 0.3) is 0 Å². The van der Waals surface area contributed by atoms with Crippen molar-refractivity contribution in [2.45, 2.75) is 32.6 Å². The van der Waals surface area contributed by atoms with E-state index in [0.29, 0.717) is 18.6 Å². The van der Waals surface area contributed by atoms with Crippen LogP contribution < -0.4 is 0 Å². The number of halogens is 1. The Kier molecular flexibility index (Phi) is 5.02. The summed E-state index contributed by atoms with van der Waals surface area (Å²) in [6, 6.07) is 2.04. The Hall–Kier alpha value is -0.640. The Morgan fingerprint density at radius 2 is 2.27 bits per heavy atom. The van der Waals surface area contributed by atoms with Crippen LogP contribution >= 0.6 is 15.9 Å². The van der Waals surface area contributed by atoms with E-state index in [1.165, 1.54) is 0 Å². The maximum Gasteiger partial charge on any atom is 0.133 e. The van der Waals surface area contributed by atoms with E-state index in [1.807, 2.05) is 24.7 Å². The van der Waals surface area contributed by atoms with Crippen molar-refractivity contribution in [2.24, 2.45) is 7.05 Å². The molecule has 1 aromatic heterocycles. The normalized spacial score (nSPS) is 10.6. The number of Topliss-reactive ketones (excluding diaryl/α,β-unsaturated/α-hetero) is 1. The lowest BCUT2D eigenvalue weighted by molar-refractivity contribution is -0.119. The van der Waals surface area contributed by atoms with Crippen LogP contribution in [0, 0.1) is 6.92 Å². The Morgan fingerprint density at radius 1 is 1.53 bits per heavy atom. The van der Waals surface area contributed by atoms with Gasteiger partial charge >= 0.3 is 0 Å². The highest BCUT2D eigenvalue weighted by atomic mass is 79.9. The fourth-order valence-electron chi connectivity index (χ4n) is 1.55. The Labute approximate surface area is 99.0 Å². The molecule has 0 aliphatic heterocycles. The standard InChI is InChI=1S/C11H17BrN2O/c1-9-8-10(14(2)13-9)5-6-11(15)4-3-7-12/h8H,3-7H2,1-2H3. The zero-order chi connectivity index (χ0) is 11.3. The largest absolute Gasteiger partial charge is 0.300 e. The van der Waals surface area contributed by atoms with Crippen LogP contribution in [-0.4, -0.2) is 20.9 Å². The molecule has 3 nitrogen and oxygen atoms in total. The van der Waals surface area contributed by atoms with E-state index in [2.05, 4.69) is 21.0 Å². The number of ketones is 1. The molecule has 0 amide bonds. The van der Waals surface area contributed by atoms with Crippen molar-refractivity contribution in [2.75, 3.05) is 5.33 Å². The molecular formula is C11H17BrN2O. The van der Waals surface area contributed by atoms with Crippen molar-refractivity contribution in [1.82, 2.24) is 9.78 Å². The minimum atomic E-state index is 0.341. The van der Waals surface area contributed by atoms with E-state index in [9.17, 15) is 4.79 Å². The van der Waals surface area contributed by atoms with E-state index in [-0.39, 0.29) is 0 Å². The average molecular weight is 273 g/mol. The summed E-state index contributed by atoms with van der Waals surface area (Å²) in [6.45, 7) is 1.97. The molecule has 4 heteroatoms. The molecule has 1 aromatic rings. The van der Waals surface area contributed by atoms with E-state index in [0.717, 1.165) is 29.6 Å². The molecule has 0 unspecified atom stereocenters. The number of alkyl halides is 1. The third-order valence-corrected chi connectivity index (χ3v) is 2.91. The van der Waals surface area contributed by atoms with Crippen LogP contribution in [0.25, 0.3) is 0 Å². The molecule has 0 atom stereocenters. The molecule has 0 saturated carbocycles. The molecule has 0 aliphatic rings. The number of aromatic nitrogens is 2. The molecule has 0 aromatic carbocycles. The minimum Gasteiger partial charge on any atom is -0.300 e. The first-order valence-electron chi connectivity index (χ1n) is 5.20. The maximum absolute atomic E-state index is 11.4. The van der Waals surface area contributed by atoms with E-state index in [1.54, 1.807) is 0 Å². The molecular weight excluding hydrogens is 256 g/mol. The van der Waals surface area contributed by atoms with Gasteiger partial charge in [-0.25, -0.2) is 0 Å². The quantitative estimate of drug-likeness (QED) is 0.746. The molecule has 0 fully saturated rings. The summed E-state index contributed by atoms with van der Waals surface area (Å²) in [5.41, 5.74) is 2.15. The number of carbonyl (C=O) groups is 1. The second-order valence-corrected chi connectivity index (χ2v) is 4.52. The Balaban J connectivity index is 2.36. The van der Waals surface area contributed by atoms with Crippen molar-refractivity contribution in [3.63, 3.8) is 0 Å². The topological polar surface area (TPSA) is 34.9 Å². The number of hydrogen-bond donors (Lipinski definition) is 0. The number of rotatable bonds is 6. The Bertz CT molecular complexity index is 333. The van der Waals surface area contributed by atoms with Crippen molar-refractivity contribution < 1.29 is 4.79 Å². The summed E-state index contributed by atoms with van der Waals surface area (Å²) >= 11 is 3.32. The lowest BCUT2D eigenvalue weighted by Gasteiger charge is -2.00. The summed E-state index contributed by atoms with van der Waals surface area (Å²) in [4.78, 5) is 11.4. The van der Waals surface area contributed by atoms with Crippen molar-refractivity contribution in [3.8, 4) is 0 Å². The average Bonchev–Trinajstić information content (AvgIpc) is 2.51. The molecule has 0 bridgehead atoms. The highest BCUT2D eigenvalue weighted by Crippen LogP contribution is 2.07. The fraction of sp³-hybridized carbons (Fsp3) is 0.636. The lowest BCUT2D eigenvalue weighted by Crippen LogP contribution is -2.04. The summed E-state index contributed by atoms with van der Waals surface area (Å²) in [5, 5.41) is 5.16. The van der Waals surface area contributed by atoms with E-state index in [4.69, 9.17) is 0 Å². The Morgan fingerprint density at radius 3 is 2.80 bits per heavy atom. The van der Waals surface area contributed by atoms with Gasteiger partial charge in [-0.3, -0.25) is 9.48 Å². The monoisotopic (exact) mass is 272 g/mol. The first-order valence-corrected chi connectivity index (χ1v) is 6.33. The van der Waals surface area contributed by atoms with Gasteiger partial charge in [-0.05, 0) is 25.8 Å². The minimum absolute atomic E-state index is 0.341. The van der Waals surface area contributed by atoms with Gasteiger partial charge in [0.2, 0.25) is 0 Å². The molecule has 0 radical (unpaired) electrons. The highest BCUT2D eigenvalue weighted by Gasteiger charge is 2.06. The van der Waals surface area contributed by atoms with Crippen LogP contribution in [0.15, 0.2) is 6.07 Å². The summed E-state index contributed by atoms with van der Waals surface area (Å²) in [7, 11) is 1.92. The van der Waals surface area contributed by atoms with Gasteiger partial charge in [0, 0.05) is 30.9 Å². The van der Waals surface area contributed by atoms with Gasteiger partial charge in [0.15, 0.2) is 0 Å². The van der Waals surface area contributed by atoms with Crippen LogP contribution in [0.4, 0.5) is 0 Å². The highest BCUT2D eigenvalue weighted by molar-refractivity contribution is 9.09. The van der Waals surface area contributed by atoms with Crippen molar-refractivity contribution >= 4 is 21.7 Å². The van der Waals surface area contributed by atoms with Crippen LogP contribution in [0.1, 0.15) is 30.7 Å². The summed E-state index contributed by atoms with van der Waals surface area (Å²) < 4.78 is 1.85. The number of hydrogen-bond acceptors (Lipinski definition) is 2. The zero-order valence-electron chi connectivity index (χ0n) is 9.29. The van der Waals surface area contributed by atoms with Crippen LogP contribution in [0.2, 0.25) is 0 Å². The van der Waals surface area contributed by atoms with Gasteiger partial charge in [0.1, 0.15) is 5.78 Å². The second kappa shape index (κ2) is 6.05. The predicted molar refractivity (Wildman–Crippen MR) is 64.3 cm³/mol. The third-order valence-electron chi connectivity index (χ3n) is 2.35. The third kappa shape index (κ3) is 4.16. The first-order chi connectivity index (χ1) is 7.13. The maximum atomic E-state index is 11.4. The fourth-order valence-corrected chi connectivity index (χ4v) is 1.84. The van der Waals surface area contributed by atoms with E-state index < -0.39 is 0 Å². The van der Waals surface area contributed by atoms with Crippen molar-refractivity contribution in [1.29, 1.82) is 0 Å². The molecule has 15 heavy (non-hydrogen) atoms. The van der Waals surface area contributed by atoms with E-state index >= 15 is 0 Å². The van der Waals surface area contributed by atoms with Gasteiger partial charge in [-0.1, -0.05) is 15.9 Å². The first kappa shape index (κ1) is 12.4. The lowest BCUT2D eigenvalue weighted by atomic mass is 10.1. The number of carbonyl (C=O) groups excluding carboxylic acids is 1. The second-order valence-electron chi connectivity index (χ2n) is 3.73. The zero-order valence-corrected chi connectivity index (χ0v) is 10.9. The summed E-state index contributed by atoms with van der Waals surface area (Å²) in [5.74, 6) is 0.341.